The molecule has 0 bridgehead atoms. The van der Waals surface area contributed by atoms with Gasteiger partial charge in [0.1, 0.15) is 11.3 Å². The molecule has 0 aliphatic carbocycles. The third kappa shape index (κ3) is 2.89. The van der Waals surface area contributed by atoms with Gasteiger partial charge >= 0.3 is 0 Å². The molecular weight excluding hydrogens is 424 g/mol. The average molecular weight is 439 g/mol. The van der Waals surface area contributed by atoms with Crippen LogP contribution < -0.4 is 15.1 Å². The van der Waals surface area contributed by atoms with E-state index in [1.807, 2.05) is 31.2 Å². The fourth-order valence-electron chi connectivity index (χ4n) is 3.71. The molecule has 3 heterocycles. The molecule has 0 fully saturated rings. The van der Waals surface area contributed by atoms with Crippen molar-refractivity contribution in [2.45, 2.75) is 13.0 Å². The van der Waals surface area contributed by atoms with Crippen LogP contribution in [0.15, 0.2) is 63.3 Å². The number of rotatable bonds is 4. The van der Waals surface area contributed by atoms with Crippen molar-refractivity contribution in [3.8, 4) is 5.75 Å². The van der Waals surface area contributed by atoms with Gasteiger partial charge in [0.15, 0.2) is 10.6 Å². The Bertz CT molecular complexity index is 1320. The van der Waals surface area contributed by atoms with Gasteiger partial charge < -0.3 is 9.15 Å². The van der Waals surface area contributed by atoms with Gasteiger partial charge in [-0.15, -0.1) is 11.3 Å². The first-order valence-electron chi connectivity index (χ1n) is 9.30. The van der Waals surface area contributed by atoms with E-state index in [1.54, 1.807) is 29.8 Å². The highest BCUT2D eigenvalue weighted by Crippen LogP contribution is 2.42. The van der Waals surface area contributed by atoms with Crippen molar-refractivity contribution in [1.82, 2.24) is 4.98 Å². The smallest absolute Gasteiger partial charge is 0.297 e. The normalized spacial score (nSPS) is 15.6. The molecule has 2 aromatic heterocycles. The number of thiazole rings is 1. The quantitative estimate of drug-likeness (QED) is 0.445. The van der Waals surface area contributed by atoms with Crippen LogP contribution in [-0.4, -0.2) is 17.5 Å². The number of fused-ring (bicyclic) bond motifs is 2. The highest BCUT2D eigenvalue weighted by molar-refractivity contribution is 7.13. The van der Waals surface area contributed by atoms with Crippen molar-refractivity contribution in [2.75, 3.05) is 11.5 Å². The number of nitrogens with zero attached hydrogens (tertiary/aromatic N) is 2. The Kier molecular flexibility index (Phi) is 4.56. The fourth-order valence-corrected chi connectivity index (χ4v) is 4.54. The molecule has 1 amide bonds. The lowest BCUT2D eigenvalue weighted by Crippen LogP contribution is -2.29. The Hall–Kier alpha value is -3.16. The number of hydrogen-bond donors (Lipinski definition) is 0. The molecule has 0 saturated heterocycles. The Morgan fingerprint density at radius 2 is 2.00 bits per heavy atom. The zero-order valence-electron chi connectivity index (χ0n) is 15.8. The fraction of sp³-hybridized carbons (Fsp3) is 0.136. The van der Waals surface area contributed by atoms with Crippen molar-refractivity contribution < 1.29 is 13.9 Å². The van der Waals surface area contributed by atoms with Gasteiger partial charge in [-0.25, -0.2) is 4.98 Å². The van der Waals surface area contributed by atoms with Gasteiger partial charge in [0, 0.05) is 16.6 Å². The summed E-state index contributed by atoms with van der Waals surface area (Å²) in [5.41, 5.74) is 1.09. The number of carbonyl (C=O) groups excluding carboxylic acids is 1. The standard InChI is InChI=1S/C22H15ClN2O4S/c1-2-28-14-6-3-12(4-7-14)18-17-19(26)15-11-13(23)5-8-16(15)29-20(17)21(27)25(18)22-24-9-10-30-22/h3-11,18H,2H2,1H3/t18-/m1/s1. The first kappa shape index (κ1) is 18.8. The van der Waals surface area contributed by atoms with Crippen LogP contribution in [0.25, 0.3) is 11.0 Å². The summed E-state index contributed by atoms with van der Waals surface area (Å²) < 4.78 is 11.4. The van der Waals surface area contributed by atoms with E-state index in [2.05, 4.69) is 4.98 Å². The third-order valence-corrected chi connectivity index (χ3v) is 5.97. The number of hydrogen-bond acceptors (Lipinski definition) is 6. The van der Waals surface area contributed by atoms with E-state index in [4.69, 9.17) is 20.8 Å². The number of halogens is 1. The van der Waals surface area contributed by atoms with E-state index in [1.165, 1.54) is 16.2 Å². The number of ether oxygens (including phenoxy) is 1. The Morgan fingerprint density at radius 3 is 2.70 bits per heavy atom. The van der Waals surface area contributed by atoms with Gasteiger partial charge in [-0.05, 0) is 42.8 Å². The topological polar surface area (TPSA) is 72.6 Å². The molecule has 0 spiro atoms. The molecule has 0 saturated carbocycles. The number of benzene rings is 2. The SMILES string of the molecule is CCOc1ccc([C@@H]2c3c(oc4ccc(Cl)cc4c3=O)C(=O)N2c2nccs2)cc1. The second-order valence-electron chi connectivity index (χ2n) is 6.71. The molecule has 8 heteroatoms. The van der Waals surface area contributed by atoms with Crippen LogP contribution >= 0.6 is 22.9 Å². The van der Waals surface area contributed by atoms with Gasteiger partial charge in [-0.2, -0.15) is 0 Å². The Balaban J connectivity index is 1.76. The van der Waals surface area contributed by atoms with Crippen molar-refractivity contribution in [3.05, 3.63) is 86.2 Å². The Labute approximate surface area is 180 Å². The van der Waals surface area contributed by atoms with Gasteiger partial charge in [0.25, 0.3) is 5.91 Å². The highest BCUT2D eigenvalue weighted by Gasteiger charge is 2.44. The number of aromatic nitrogens is 1. The van der Waals surface area contributed by atoms with Crippen molar-refractivity contribution in [1.29, 1.82) is 0 Å². The van der Waals surface area contributed by atoms with E-state index < -0.39 is 11.9 Å². The largest absolute Gasteiger partial charge is 0.494 e. The summed E-state index contributed by atoms with van der Waals surface area (Å²) in [4.78, 5) is 32.6. The number of carbonyl (C=O) groups is 1. The highest BCUT2D eigenvalue weighted by atomic mass is 35.5. The van der Waals surface area contributed by atoms with Crippen molar-refractivity contribution in [2.24, 2.45) is 0 Å². The molecule has 0 unspecified atom stereocenters. The maximum Gasteiger partial charge on any atom is 0.297 e. The maximum absolute atomic E-state index is 13.4. The molecule has 5 rings (SSSR count). The molecule has 30 heavy (non-hydrogen) atoms. The minimum atomic E-state index is -0.658. The number of anilines is 1. The summed E-state index contributed by atoms with van der Waals surface area (Å²) in [5, 5.41) is 3.04. The molecule has 0 radical (unpaired) electrons. The third-order valence-electron chi connectivity index (χ3n) is 4.96. The summed E-state index contributed by atoms with van der Waals surface area (Å²) in [6.45, 7) is 2.46. The van der Waals surface area contributed by atoms with Crippen LogP contribution in [0.5, 0.6) is 5.75 Å². The van der Waals surface area contributed by atoms with Crippen LogP contribution in [0.3, 0.4) is 0 Å². The molecule has 1 aliphatic heterocycles. The van der Waals surface area contributed by atoms with E-state index in [9.17, 15) is 9.59 Å². The number of amides is 1. The summed E-state index contributed by atoms with van der Waals surface area (Å²) in [7, 11) is 0. The lowest BCUT2D eigenvalue weighted by Gasteiger charge is -2.22. The van der Waals surface area contributed by atoms with Crippen LogP contribution in [0.1, 0.15) is 34.6 Å². The minimum absolute atomic E-state index is 0.0314. The first-order chi connectivity index (χ1) is 14.6. The van der Waals surface area contributed by atoms with Gasteiger partial charge in [-0.1, -0.05) is 23.7 Å². The monoisotopic (exact) mass is 438 g/mol. The lowest BCUT2D eigenvalue weighted by atomic mass is 9.98. The van der Waals surface area contributed by atoms with Gasteiger partial charge in [-0.3, -0.25) is 14.5 Å². The minimum Gasteiger partial charge on any atom is -0.494 e. The predicted octanol–water partition coefficient (Wildman–Crippen LogP) is 5.05. The second kappa shape index (κ2) is 7.27. The molecule has 0 N–H and O–H groups in total. The molecule has 2 aromatic carbocycles. The van der Waals surface area contributed by atoms with Crippen LogP contribution in [0.2, 0.25) is 5.02 Å². The molecule has 6 nitrogen and oxygen atoms in total. The van der Waals surface area contributed by atoms with Crippen LogP contribution in [0, 0.1) is 0 Å². The van der Waals surface area contributed by atoms with Gasteiger partial charge in [0.2, 0.25) is 5.76 Å². The zero-order valence-corrected chi connectivity index (χ0v) is 17.4. The summed E-state index contributed by atoms with van der Waals surface area (Å²) in [6, 6.07) is 11.5. The van der Waals surface area contributed by atoms with Gasteiger partial charge in [0.05, 0.1) is 23.6 Å². The second-order valence-corrected chi connectivity index (χ2v) is 8.02. The summed E-state index contributed by atoms with van der Waals surface area (Å²) in [5.74, 6) is 0.348. The molecule has 1 atom stereocenters. The average Bonchev–Trinajstić information content (AvgIpc) is 3.36. The molecule has 150 valence electrons. The molecule has 1 aliphatic rings. The van der Waals surface area contributed by atoms with Crippen LogP contribution in [-0.2, 0) is 0 Å². The lowest BCUT2D eigenvalue weighted by molar-refractivity contribution is 0.0971. The molecule has 4 aromatic rings. The van der Waals surface area contributed by atoms with E-state index in [0.717, 1.165) is 5.56 Å². The predicted molar refractivity (Wildman–Crippen MR) is 116 cm³/mol. The summed E-state index contributed by atoms with van der Waals surface area (Å²) >= 11 is 7.42. The zero-order chi connectivity index (χ0) is 20.8. The molecular formula is C22H15ClN2O4S. The summed E-state index contributed by atoms with van der Waals surface area (Å²) in [6.07, 6.45) is 1.62. The van der Waals surface area contributed by atoms with E-state index in [-0.39, 0.29) is 16.8 Å². The van der Waals surface area contributed by atoms with Crippen molar-refractivity contribution in [3.63, 3.8) is 0 Å². The Morgan fingerprint density at radius 1 is 1.20 bits per heavy atom. The van der Waals surface area contributed by atoms with E-state index >= 15 is 0 Å². The van der Waals surface area contributed by atoms with E-state index in [0.29, 0.717) is 33.5 Å². The van der Waals surface area contributed by atoms with Crippen molar-refractivity contribution >= 4 is 44.9 Å². The first-order valence-corrected chi connectivity index (χ1v) is 10.6. The van der Waals surface area contributed by atoms with Crippen LogP contribution in [0.4, 0.5) is 5.13 Å². The maximum atomic E-state index is 13.4.